The third kappa shape index (κ3) is 2.63. The fourth-order valence-corrected chi connectivity index (χ4v) is 1.61. The van der Waals surface area contributed by atoms with Gasteiger partial charge in [-0.3, -0.25) is 0 Å². The predicted molar refractivity (Wildman–Crippen MR) is 57.3 cm³/mol. The molecule has 17 heavy (non-hydrogen) atoms. The SMILES string of the molecule is COc1ccc([C@H](N)C(F)(F)F)c(OC)c1C. The molecular formula is C11H14F3NO2. The molecule has 0 unspecified atom stereocenters. The second-order valence-corrected chi connectivity index (χ2v) is 3.53. The molecule has 0 spiro atoms. The number of hydrogen-bond acceptors (Lipinski definition) is 3. The van der Waals surface area contributed by atoms with E-state index in [-0.39, 0.29) is 11.3 Å². The summed E-state index contributed by atoms with van der Waals surface area (Å²) in [6.07, 6.45) is -4.51. The number of rotatable bonds is 3. The molecule has 0 saturated carbocycles. The Kier molecular flexibility index (Phi) is 3.87. The molecule has 1 atom stereocenters. The Bertz CT molecular complexity index is 404. The Hall–Kier alpha value is -1.43. The van der Waals surface area contributed by atoms with Gasteiger partial charge in [-0.05, 0) is 19.1 Å². The second-order valence-electron chi connectivity index (χ2n) is 3.53. The first-order chi connectivity index (χ1) is 7.82. The van der Waals surface area contributed by atoms with Crippen LogP contribution in [0.5, 0.6) is 11.5 Å². The van der Waals surface area contributed by atoms with E-state index in [1.807, 2.05) is 0 Å². The molecule has 1 rings (SSSR count). The van der Waals surface area contributed by atoms with Crippen molar-refractivity contribution in [2.45, 2.75) is 19.1 Å². The quantitative estimate of drug-likeness (QED) is 0.895. The number of halogens is 3. The number of ether oxygens (including phenoxy) is 2. The highest BCUT2D eigenvalue weighted by atomic mass is 19.4. The van der Waals surface area contributed by atoms with Crippen LogP contribution in [0.15, 0.2) is 12.1 Å². The average molecular weight is 249 g/mol. The topological polar surface area (TPSA) is 44.5 Å². The van der Waals surface area contributed by atoms with Gasteiger partial charge in [-0.2, -0.15) is 13.2 Å². The zero-order chi connectivity index (χ0) is 13.2. The molecule has 0 saturated heterocycles. The summed E-state index contributed by atoms with van der Waals surface area (Å²) < 4.78 is 47.6. The average Bonchev–Trinajstić information content (AvgIpc) is 2.26. The van der Waals surface area contributed by atoms with Crippen molar-refractivity contribution in [1.82, 2.24) is 0 Å². The molecule has 96 valence electrons. The molecule has 0 aromatic heterocycles. The molecule has 0 bridgehead atoms. The van der Waals surface area contributed by atoms with Gasteiger partial charge in [-0.15, -0.1) is 0 Å². The Morgan fingerprint density at radius 3 is 2.18 bits per heavy atom. The second kappa shape index (κ2) is 4.83. The van der Waals surface area contributed by atoms with Gasteiger partial charge in [0.15, 0.2) is 0 Å². The molecule has 3 nitrogen and oxygen atoms in total. The third-order valence-electron chi connectivity index (χ3n) is 2.50. The Labute approximate surface area is 97.3 Å². The van der Waals surface area contributed by atoms with E-state index in [0.717, 1.165) is 0 Å². The fourth-order valence-electron chi connectivity index (χ4n) is 1.61. The smallest absolute Gasteiger partial charge is 0.407 e. The van der Waals surface area contributed by atoms with Crippen LogP contribution in [0.3, 0.4) is 0 Å². The van der Waals surface area contributed by atoms with Crippen molar-refractivity contribution >= 4 is 0 Å². The van der Waals surface area contributed by atoms with Gasteiger partial charge in [0.05, 0.1) is 14.2 Å². The van der Waals surface area contributed by atoms with Crippen molar-refractivity contribution in [1.29, 1.82) is 0 Å². The number of nitrogens with two attached hydrogens (primary N) is 1. The summed E-state index contributed by atoms with van der Waals surface area (Å²) >= 11 is 0. The van der Waals surface area contributed by atoms with E-state index < -0.39 is 12.2 Å². The zero-order valence-corrected chi connectivity index (χ0v) is 9.76. The van der Waals surface area contributed by atoms with E-state index in [9.17, 15) is 13.2 Å². The molecular weight excluding hydrogens is 235 g/mol. The maximum absolute atomic E-state index is 12.6. The highest BCUT2D eigenvalue weighted by Crippen LogP contribution is 2.39. The van der Waals surface area contributed by atoms with Crippen LogP contribution < -0.4 is 15.2 Å². The lowest BCUT2D eigenvalue weighted by molar-refractivity contribution is -0.149. The lowest BCUT2D eigenvalue weighted by atomic mass is 10.0. The van der Waals surface area contributed by atoms with E-state index >= 15 is 0 Å². The van der Waals surface area contributed by atoms with Gasteiger partial charge in [0.2, 0.25) is 0 Å². The molecule has 0 heterocycles. The minimum absolute atomic E-state index is 0.0988. The Morgan fingerprint density at radius 2 is 1.76 bits per heavy atom. The van der Waals surface area contributed by atoms with Gasteiger partial charge in [-0.1, -0.05) is 0 Å². The van der Waals surface area contributed by atoms with Gasteiger partial charge < -0.3 is 15.2 Å². The monoisotopic (exact) mass is 249 g/mol. The van der Waals surface area contributed by atoms with E-state index in [4.69, 9.17) is 15.2 Å². The van der Waals surface area contributed by atoms with Crippen molar-refractivity contribution in [2.24, 2.45) is 5.73 Å². The summed E-state index contributed by atoms with van der Waals surface area (Å²) in [5.74, 6) is 0.564. The Morgan fingerprint density at radius 1 is 1.18 bits per heavy atom. The summed E-state index contributed by atoms with van der Waals surface area (Å²) in [4.78, 5) is 0. The summed E-state index contributed by atoms with van der Waals surface area (Å²) in [7, 11) is 2.74. The van der Waals surface area contributed by atoms with Crippen molar-refractivity contribution in [2.75, 3.05) is 14.2 Å². The lowest BCUT2D eigenvalue weighted by Crippen LogP contribution is -2.29. The van der Waals surface area contributed by atoms with Gasteiger partial charge >= 0.3 is 6.18 Å². The van der Waals surface area contributed by atoms with Gasteiger partial charge in [0.25, 0.3) is 0 Å². The maximum atomic E-state index is 12.6. The molecule has 0 amide bonds. The minimum Gasteiger partial charge on any atom is -0.496 e. The van der Waals surface area contributed by atoms with E-state index in [2.05, 4.69) is 0 Å². The molecule has 0 aliphatic heterocycles. The fraction of sp³-hybridized carbons (Fsp3) is 0.455. The van der Waals surface area contributed by atoms with E-state index in [1.54, 1.807) is 6.92 Å². The van der Waals surface area contributed by atoms with Crippen molar-refractivity contribution < 1.29 is 22.6 Å². The number of methoxy groups -OCH3 is 2. The lowest BCUT2D eigenvalue weighted by Gasteiger charge is -2.20. The molecule has 6 heteroatoms. The first-order valence-corrected chi connectivity index (χ1v) is 4.86. The Balaban J connectivity index is 3.31. The molecule has 2 N–H and O–H groups in total. The molecule has 0 radical (unpaired) electrons. The third-order valence-corrected chi connectivity index (χ3v) is 2.50. The predicted octanol–water partition coefficient (Wildman–Crippen LogP) is 2.57. The van der Waals surface area contributed by atoms with Crippen LogP contribution in [0, 0.1) is 6.92 Å². The van der Waals surface area contributed by atoms with Gasteiger partial charge in [-0.25, -0.2) is 0 Å². The molecule has 1 aromatic carbocycles. The van der Waals surface area contributed by atoms with Crippen LogP contribution in [0.2, 0.25) is 0 Å². The molecule has 0 fully saturated rings. The highest BCUT2D eigenvalue weighted by Gasteiger charge is 2.39. The summed E-state index contributed by atoms with van der Waals surface area (Å²) in [6.45, 7) is 1.62. The molecule has 1 aromatic rings. The summed E-state index contributed by atoms with van der Waals surface area (Å²) in [6, 6.07) is 0.642. The number of benzene rings is 1. The van der Waals surface area contributed by atoms with Crippen LogP contribution in [0.1, 0.15) is 17.2 Å². The summed E-state index contributed by atoms with van der Waals surface area (Å²) in [5, 5.41) is 0. The van der Waals surface area contributed by atoms with E-state index in [0.29, 0.717) is 11.3 Å². The first-order valence-electron chi connectivity index (χ1n) is 4.86. The largest absolute Gasteiger partial charge is 0.496 e. The van der Waals surface area contributed by atoms with Crippen LogP contribution in [0.4, 0.5) is 13.2 Å². The van der Waals surface area contributed by atoms with Crippen LogP contribution in [-0.2, 0) is 0 Å². The normalized spacial score (nSPS) is 13.4. The van der Waals surface area contributed by atoms with Crippen molar-refractivity contribution in [3.8, 4) is 11.5 Å². The zero-order valence-electron chi connectivity index (χ0n) is 9.76. The standard InChI is InChI=1S/C11H14F3NO2/c1-6-8(16-2)5-4-7(9(6)17-3)10(15)11(12,13)14/h4-5,10H,15H2,1-3H3/t10-/m0/s1. The van der Waals surface area contributed by atoms with Crippen molar-refractivity contribution in [3.63, 3.8) is 0 Å². The van der Waals surface area contributed by atoms with Crippen molar-refractivity contribution in [3.05, 3.63) is 23.3 Å². The van der Waals surface area contributed by atoms with Crippen LogP contribution in [-0.4, -0.2) is 20.4 Å². The van der Waals surface area contributed by atoms with E-state index in [1.165, 1.54) is 26.4 Å². The first kappa shape index (κ1) is 13.6. The highest BCUT2D eigenvalue weighted by molar-refractivity contribution is 5.50. The maximum Gasteiger partial charge on any atom is 0.407 e. The van der Waals surface area contributed by atoms with Gasteiger partial charge in [0, 0.05) is 11.1 Å². The minimum atomic E-state index is -4.51. The number of hydrogen-bond donors (Lipinski definition) is 1. The molecule has 0 aliphatic carbocycles. The van der Waals surface area contributed by atoms with Gasteiger partial charge in [0.1, 0.15) is 17.5 Å². The van der Waals surface area contributed by atoms with Crippen LogP contribution >= 0.6 is 0 Å². The molecule has 0 aliphatic rings. The van der Waals surface area contributed by atoms with Crippen LogP contribution in [0.25, 0.3) is 0 Å². The number of alkyl halides is 3. The summed E-state index contributed by atoms with van der Waals surface area (Å²) in [5.41, 5.74) is 5.56.